The van der Waals surface area contributed by atoms with Crippen LogP contribution in [0.1, 0.15) is 10.4 Å². The summed E-state index contributed by atoms with van der Waals surface area (Å²) in [6, 6.07) is 8.24. The van der Waals surface area contributed by atoms with Crippen molar-refractivity contribution >= 4 is 23.2 Å². The zero-order chi connectivity index (χ0) is 17.9. The number of carbonyl (C=O) groups is 2. The average molecular weight is 340 g/mol. The molecule has 2 aromatic rings. The summed E-state index contributed by atoms with van der Waals surface area (Å²) in [7, 11) is 0. The normalized spacial score (nSPS) is 11.0. The highest BCUT2D eigenvalue weighted by Crippen LogP contribution is 2.22. The largest absolute Gasteiger partial charge is 0.508 e. The zero-order valence-electron chi connectivity index (χ0n) is 11.9. The molecule has 0 heterocycles. The summed E-state index contributed by atoms with van der Waals surface area (Å²) in [5.41, 5.74) is 0.139. The molecular weight excluding hydrogens is 329 g/mol. The fourth-order valence-corrected chi connectivity index (χ4v) is 1.77. The number of phenols is 2. The number of rotatable bonds is 3. The molecule has 9 heteroatoms. The minimum atomic E-state index is -5.00. The zero-order valence-corrected chi connectivity index (χ0v) is 11.9. The highest BCUT2D eigenvalue weighted by atomic mass is 19.4. The minimum Gasteiger partial charge on any atom is -0.508 e. The molecule has 2 rings (SSSR count). The van der Waals surface area contributed by atoms with Crippen LogP contribution >= 0.6 is 0 Å². The molecule has 126 valence electrons. The lowest BCUT2D eigenvalue weighted by Crippen LogP contribution is -2.29. The molecule has 0 aromatic heterocycles. The number of benzene rings is 2. The molecular formula is C15H11F3N2O4. The Kier molecular flexibility index (Phi) is 4.63. The third-order valence-electron chi connectivity index (χ3n) is 2.82. The summed E-state index contributed by atoms with van der Waals surface area (Å²) in [4.78, 5) is 22.8. The van der Waals surface area contributed by atoms with Crippen molar-refractivity contribution in [1.29, 1.82) is 0 Å². The van der Waals surface area contributed by atoms with Crippen molar-refractivity contribution in [2.75, 3.05) is 10.6 Å². The number of nitrogens with one attached hydrogen (secondary N) is 2. The summed E-state index contributed by atoms with van der Waals surface area (Å²) in [5.74, 6) is -3.35. The monoisotopic (exact) mass is 340 g/mol. The minimum absolute atomic E-state index is 0.0121. The molecule has 0 spiro atoms. The van der Waals surface area contributed by atoms with Gasteiger partial charge in [-0.1, -0.05) is 0 Å². The number of aromatic hydroxyl groups is 2. The quantitative estimate of drug-likeness (QED) is 0.690. The molecule has 0 aliphatic carbocycles. The number of carbonyl (C=O) groups excluding carboxylic acids is 2. The highest BCUT2D eigenvalue weighted by Gasteiger charge is 2.38. The summed E-state index contributed by atoms with van der Waals surface area (Å²) < 4.78 is 36.4. The molecule has 0 aliphatic heterocycles. The molecule has 0 saturated heterocycles. The molecule has 0 fully saturated rings. The van der Waals surface area contributed by atoms with E-state index >= 15 is 0 Å². The SMILES string of the molecule is O=C(Nc1ccc(NC(=O)C(F)(F)F)cc1)c1cc(O)cc(O)c1. The second kappa shape index (κ2) is 6.49. The number of halogens is 3. The average Bonchev–Trinajstić information content (AvgIpc) is 2.47. The van der Waals surface area contributed by atoms with E-state index in [1.165, 1.54) is 24.3 Å². The Morgan fingerprint density at radius 1 is 0.833 bits per heavy atom. The van der Waals surface area contributed by atoms with Crippen LogP contribution < -0.4 is 10.6 Å². The first-order valence-electron chi connectivity index (χ1n) is 6.48. The van der Waals surface area contributed by atoms with E-state index in [1.807, 2.05) is 0 Å². The van der Waals surface area contributed by atoms with Gasteiger partial charge in [-0.15, -0.1) is 0 Å². The van der Waals surface area contributed by atoms with Crippen LogP contribution in [0, 0.1) is 0 Å². The van der Waals surface area contributed by atoms with Gasteiger partial charge in [-0.25, -0.2) is 0 Å². The van der Waals surface area contributed by atoms with E-state index in [-0.39, 0.29) is 28.4 Å². The standard InChI is InChI=1S/C15H11F3N2O4/c16-15(17,18)14(24)20-10-3-1-9(2-4-10)19-13(23)8-5-11(21)7-12(22)6-8/h1-7,21-22H,(H,19,23)(H,20,24). The predicted octanol–water partition coefficient (Wildman–Crippen LogP) is 2.85. The third-order valence-corrected chi connectivity index (χ3v) is 2.82. The number of anilines is 2. The van der Waals surface area contributed by atoms with E-state index in [2.05, 4.69) is 5.32 Å². The van der Waals surface area contributed by atoms with Gasteiger partial charge in [0.15, 0.2) is 0 Å². The summed E-state index contributed by atoms with van der Waals surface area (Å²) in [6.45, 7) is 0. The van der Waals surface area contributed by atoms with Gasteiger partial charge in [-0.05, 0) is 36.4 Å². The number of hydrogen-bond acceptors (Lipinski definition) is 4. The van der Waals surface area contributed by atoms with Crippen LogP contribution in [-0.2, 0) is 4.79 Å². The van der Waals surface area contributed by atoms with E-state index in [4.69, 9.17) is 0 Å². The van der Waals surface area contributed by atoms with Crippen molar-refractivity contribution in [3.05, 3.63) is 48.0 Å². The van der Waals surface area contributed by atoms with Crippen molar-refractivity contribution in [1.82, 2.24) is 0 Å². The molecule has 0 bridgehead atoms. The predicted molar refractivity (Wildman–Crippen MR) is 78.9 cm³/mol. The topological polar surface area (TPSA) is 98.7 Å². The lowest BCUT2D eigenvalue weighted by Gasteiger charge is -2.09. The molecule has 6 nitrogen and oxygen atoms in total. The molecule has 4 N–H and O–H groups in total. The lowest BCUT2D eigenvalue weighted by atomic mass is 10.2. The molecule has 0 unspecified atom stereocenters. The van der Waals surface area contributed by atoms with Gasteiger partial charge in [-0.2, -0.15) is 13.2 Å². The first kappa shape index (κ1) is 17.1. The molecule has 0 aliphatic rings. The van der Waals surface area contributed by atoms with Crippen LogP contribution in [0.2, 0.25) is 0 Å². The first-order valence-corrected chi connectivity index (χ1v) is 6.48. The van der Waals surface area contributed by atoms with Gasteiger partial charge in [0.1, 0.15) is 11.5 Å². The molecule has 24 heavy (non-hydrogen) atoms. The summed E-state index contributed by atoms with van der Waals surface area (Å²) in [6.07, 6.45) is -5.00. The fourth-order valence-electron chi connectivity index (χ4n) is 1.77. The maximum Gasteiger partial charge on any atom is 0.471 e. The Morgan fingerprint density at radius 2 is 1.29 bits per heavy atom. The van der Waals surface area contributed by atoms with Gasteiger partial charge in [0.25, 0.3) is 5.91 Å². The number of amides is 2. The molecule has 0 saturated carbocycles. The summed E-state index contributed by atoms with van der Waals surface area (Å²) in [5, 5.41) is 22.7. The van der Waals surface area contributed by atoms with Crippen LogP contribution in [0.3, 0.4) is 0 Å². The van der Waals surface area contributed by atoms with Crippen molar-refractivity contribution < 1.29 is 33.0 Å². The van der Waals surface area contributed by atoms with Crippen LogP contribution in [0.15, 0.2) is 42.5 Å². The number of phenolic OH excluding ortho intramolecular Hbond substituents is 2. The third kappa shape index (κ3) is 4.38. The van der Waals surface area contributed by atoms with Crippen LogP contribution in [-0.4, -0.2) is 28.2 Å². The van der Waals surface area contributed by atoms with E-state index in [0.29, 0.717) is 0 Å². The second-order valence-electron chi connectivity index (χ2n) is 4.72. The Morgan fingerprint density at radius 3 is 1.75 bits per heavy atom. The fraction of sp³-hybridized carbons (Fsp3) is 0.0667. The van der Waals surface area contributed by atoms with E-state index < -0.39 is 18.0 Å². The van der Waals surface area contributed by atoms with Gasteiger partial charge < -0.3 is 20.8 Å². The second-order valence-corrected chi connectivity index (χ2v) is 4.72. The highest BCUT2D eigenvalue weighted by molar-refractivity contribution is 6.05. The van der Waals surface area contributed by atoms with Crippen molar-refractivity contribution in [2.45, 2.75) is 6.18 Å². The van der Waals surface area contributed by atoms with Gasteiger partial charge in [-0.3, -0.25) is 9.59 Å². The van der Waals surface area contributed by atoms with Crippen molar-refractivity contribution in [3.63, 3.8) is 0 Å². The lowest BCUT2D eigenvalue weighted by molar-refractivity contribution is -0.167. The van der Waals surface area contributed by atoms with Crippen LogP contribution in [0.25, 0.3) is 0 Å². The summed E-state index contributed by atoms with van der Waals surface area (Å²) >= 11 is 0. The molecule has 2 amide bonds. The van der Waals surface area contributed by atoms with E-state index in [1.54, 1.807) is 5.32 Å². The van der Waals surface area contributed by atoms with E-state index in [0.717, 1.165) is 18.2 Å². The number of alkyl halides is 3. The smallest absolute Gasteiger partial charge is 0.471 e. The number of hydrogen-bond donors (Lipinski definition) is 4. The van der Waals surface area contributed by atoms with Gasteiger partial charge in [0, 0.05) is 23.0 Å². The maximum absolute atomic E-state index is 12.1. The van der Waals surface area contributed by atoms with Gasteiger partial charge in [0.2, 0.25) is 0 Å². The van der Waals surface area contributed by atoms with Crippen molar-refractivity contribution in [3.8, 4) is 11.5 Å². The molecule has 0 atom stereocenters. The maximum atomic E-state index is 12.1. The molecule has 0 radical (unpaired) electrons. The van der Waals surface area contributed by atoms with Gasteiger partial charge >= 0.3 is 12.1 Å². The van der Waals surface area contributed by atoms with Crippen molar-refractivity contribution in [2.24, 2.45) is 0 Å². The Hall–Kier alpha value is -3.23. The Labute approximate surface area is 133 Å². The van der Waals surface area contributed by atoms with Crippen LogP contribution in [0.4, 0.5) is 24.5 Å². The molecule has 2 aromatic carbocycles. The van der Waals surface area contributed by atoms with E-state index in [9.17, 15) is 33.0 Å². The Bertz CT molecular complexity index is 753. The van der Waals surface area contributed by atoms with Crippen LogP contribution in [0.5, 0.6) is 11.5 Å². The van der Waals surface area contributed by atoms with Gasteiger partial charge in [0.05, 0.1) is 0 Å². The Balaban J connectivity index is 2.06. The first-order chi connectivity index (χ1) is 11.1.